The van der Waals surface area contributed by atoms with Gasteiger partial charge >= 0.3 is 0 Å². The van der Waals surface area contributed by atoms with Crippen LogP contribution in [-0.4, -0.2) is 21.2 Å². The normalized spacial score (nSPS) is 11.3. The summed E-state index contributed by atoms with van der Waals surface area (Å²) in [6.07, 6.45) is 0. The lowest BCUT2D eigenvalue weighted by Crippen LogP contribution is -2.24. The summed E-state index contributed by atoms with van der Waals surface area (Å²) in [6, 6.07) is 19.0. The van der Waals surface area contributed by atoms with E-state index in [1.165, 1.54) is 11.8 Å². The van der Waals surface area contributed by atoms with E-state index in [0.717, 1.165) is 21.5 Å². The highest BCUT2D eigenvalue weighted by molar-refractivity contribution is 7.99. The molecule has 5 rings (SSSR count). The van der Waals surface area contributed by atoms with Gasteiger partial charge in [0, 0.05) is 16.0 Å². The monoisotopic (exact) mass is 461 g/mol. The van der Waals surface area contributed by atoms with Crippen molar-refractivity contribution in [2.75, 3.05) is 11.1 Å². The van der Waals surface area contributed by atoms with Gasteiger partial charge < -0.3 is 9.73 Å². The van der Waals surface area contributed by atoms with E-state index in [4.69, 9.17) is 9.40 Å². The largest absolute Gasteiger partial charge is 0.448 e. The number of fused-ring (bicyclic) bond motifs is 3. The Morgan fingerprint density at radius 3 is 2.75 bits per heavy atom. The Morgan fingerprint density at radius 1 is 1.12 bits per heavy atom. The van der Waals surface area contributed by atoms with Gasteiger partial charge in [0.25, 0.3) is 5.56 Å². The van der Waals surface area contributed by atoms with Crippen molar-refractivity contribution in [1.29, 1.82) is 0 Å². The Kier molecular flexibility index (Phi) is 5.55. The number of nitrogens with one attached hydrogen (secondary N) is 1. The Bertz CT molecular complexity index is 1490. The van der Waals surface area contributed by atoms with Gasteiger partial charge in [-0.25, -0.2) is 4.98 Å². The number of para-hydroxylation sites is 2. The van der Waals surface area contributed by atoms with Crippen molar-refractivity contribution in [3.63, 3.8) is 0 Å². The Labute approximate surface area is 191 Å². The van der Waals surface area contributed by atoms with Crippen molar-refractivity contribution < 1.29 is 9.21 Å². The van der Waals surface area contributed by atoms with E-state index in [-0.39, 0.29) is 22.8 Å². The maximum Gasteiger partial charge on any atom is 0.298 e. The lowest BCUT2D eigenvalue weighted by atomic mass is 10.2. The van der Waals surface area contributed by atoms with Crippen LogP contribution in [-0.2, 0) is 11.3 Å². The number of nitrogens with zero attached hydrogens (tertiary/aromatic N) is 2. The fourth-order valence-corrected chi connectivity index (χ4v) is 4.98. The predicted octanol–water partition coefficient (Wildman–Crippen LogP) is 5.29. The van der Waals surface area contributed by atoms with Gasteiger partial charge in [0.2, 0.25) is 11.5 Å². The van der Waals surface area contributed by atoms with Crippen molar-refractivity contribution in [2.24, 2.45) is 0 Å². The number of benzene rings is 2. The van der Waals surface area contributed by atoms with Gasteiger partial charge in [-0.2, -0.15) is 0 Å². The molecule has 1 N–H and O–H groups in total. The van der Waals surface area contributed by atoms with Crippen LogP contribution in [0.1, 0.15) is 10.4 Å². The molecule has 2 aromatic carbocycles. The van der Waals surface area contributed by atoms with Crippen LogP contribution in [0.4, 0.5) is 5.69 Å². The Balaban J connectivity index is 1.51. The summed E-state index contributed by atoms with van der Waals surface area (Å²) in [7, 11) is 0. The number of thioether (sulfide) groups is 1. The maximum absolute atomic E-state index is 13.3. The second-order valence-corrected chi connectivity index (χ2v) is 9.27. The summed E-state index contributed by atoms with van der Waals surface area (Å²) in [4.78, 5) is 31.7. The molecule has 0 fully saturated rings. The third-order valence-electron chi connectivity index (χ3n) is 5.09. The van der Waals surface area contributed by atoms with Crippen molar-refractivity contribution >= 4 is 56.8 Å². The first-order valence-corrected chi connectivity index (χ1v) is 11.9. The summed E-state index contributed by atoms with van der Waals surface area (Å²) in [5.41, 5.74) is 2.89. The van der Waals surface area contributed by atoms with Crippen molar-refractivity contribution in [3.05, 3.63) is 86.8 Å². The van der Waals surface area contributed by atoms with Crippen molar-refractivity contribution in [3.8, 4) is 0 Å². The molecule has 0 aliphatic carbocycles. The zero-order valence-corrected chi connectivity index (χ0v) is 18.8. The van der Waals surface area contributed by atoms with E-state index in [1.54, 1.807) is 15.9 Å². The molecule has 0 bridgehead atoms. The van der Waals surface area contributed by atoms with Crippen LogP contribution >= 0.6 is 23.1 Å². The van der Waals surface area contributed by atoms with E-state index < -0.39 is 0 Å². The van der Waals surface area contributed by atoms with Gasteiger partial charge in [0.05, 0.1) is 12.3 Å². The van der Waals surface area contributed by atoms with Crippen molar-refractivity contribution in [1.82, 2.24) is 9.55 Å². The van der Waals surface area contributed by atoms with Crippen LogP contribution in [0.3, 0.4) is 0 Å². The molecule has 6 nitrogen and oxygen atoms in total. The van der Waals surface area contributed by atoms with E-state index in [2.05, 4.69) is 5.32 Å². The van der Waals surface area contributed by atoms with Crippen LogP contribution in [0.25, 0.3) is 22.1 Å². The average Bonchev–Trinajstić information content (AvgIpc) is 3.44. The van der Waals surface area contributed by atoms with Gasteiger partial charge in [0.1, 0.15) is 11.1 Å². The molecule has 0 atom stereocenters. The molecule has 0 radical (unpaired) electrons. The Hall–Kier alpha value is -3.36. The highest BCUT2D eigenvalue weighted by Crippen LogP contribution is 2.28. The number of aromatic nitrogens is 2. The standard InChI is InChI=1S/C24H19N3O3S2/c1-15-7-2-4-10-18(15)25-20(28)14-32-24-26-21-17-9-3-5-11-19(17)30-22(21)23(29)27(24)13-16-8-6-12-31-16/h2-12H,13-14H2,1H3,(H,25,28). The smallest absolute Gasteiger partial charge is 0.298 e. The number of thiophene rings is 1. The second-order valence-electron chi connectivity index (χ2n) is 7.29. The highest BCUT2D eigenvalue weighted by atomic mass is 32.2. The molecule has 0 aliphatic rings. The molecular weight excluding hydrogens is 442 g/mol. The first kappa shape index (κ1) is 20.5. The van der Waals surface area contributed by atoms with Gasteiger partial charge in [-0.15, -0.1) is 11.3 Å². The second kappa shape index (κ2) is 8.64. The molecule has 3 heterocycles. The molecule has 160 valence electrons. The van der Waals surface area contributed by atoms with E-state index in [1.807, 2.05) is 73.0 Å². The van der Waals surface area contributed by atoms with Gasteiger partial charge in [0.15, 0.2) is 5.16 Å². The summed E-state index contributed by atoms with van der Waals surface area (Å²) < 4.78 is 7.42. The fourth-order valence-electron chi connectivity index (χ4n) is 3.49. The van der Waals surface area contributed by atoms with Gasteiger partial charge in [-0.05, 0) is 42.1 Å². The SMILES string of the molecule is Cc1ccccc1NC(=O)CSc1nc2c(oc3ccccc32)c(=O)n1Cc1cccs1. The van der Waals surface area contributed by atoms with Crippen LogP contribution in [0.5, 0.6) is 0 Å². The lowest BCUT2D eigenvalue weighted by Gasteiger charge is -2.11. The molecule has 32 heavy (non-hydrogen) atoms. The average molecular weight is 462 g/mol. The number of amides is 1. The molecule has 0 saturated carbocycles. The first-order valence-electron chi connectivity index (χ1n) is 10.0. The molecular formula is C24H19N3O3S2. The van der Waals surface area contributed by atoms with Crippen LogP contribution in [0, 0.1) is 6.92 Å². The van der Waals surface area contributed by atoms with E-state index in [0.29, 0.717) is 22.8 Å². The summed E-state index contributed by atoms with van der Waals surface area (Å²) in [5, 5.41) is 6.17. The first-order chi connectivity index (χ1) is 15.6. The van der Waals surface area contributed by atoms with Crippen molar-refractivity contribution in [2.45, 2.75) is 18.6 Å². The zero-order valence-electron chi connectivity index (χ0n) is 17.2. The highest BCUT2D eigenvalue weighted by Gasteiger charge is 2.19. The maximum atomic E-state index is 13.3. The molecule has 5 aromatic rings. The van der Waals surface area contributed by atoms with E-state index in [9.17, 15) is 9.59 Å². The quantitative estimate of drug-likeness (QED) is 0.275. The Morgan fingerprint density at radius 2 is 1.94 bits per heavy atom. The summed E-state index contributed by atoms with van der Waals surface area (Å²) in [5.74, 6) is -0.0228. The lowest BCUT2D eigenvalue weighted by molar-refractivity contribution is -0.113. The fraction of sp³-hybridized carbons (Fsp3) is 0.125. The number of aryl methyl sites for hydroxylation is 1. The predicted molar refractivity (Wildman–Crippen MR) is 130 cm³/mol. The number of hydrogen-bond donors (Lipinski definition) is 1. The van der Waals surface area contributed by atoms with Gasteiger partial charge in [-0.3, -0.25) is 14.2 Å². The number of carbonyl (C=O) groups is 1. The number of carbonyl (C=O) groups excluding carboxylic acids is 1. The molecule has 1 amide bonds. The zero-order chi connectivity index (χ0) is 22.1. The number of rotatable bonds is 6. The third-order valence-corrected chi connectivity index (χ3v) is 6.93. The minimum atomic E-state index is -0.249. The molecule has 0 unspecified atom stereocenters. The molecule has 0 aliphatic heterocycles. The van der Waals surface area contributed by atoms with Crippen LogP contribution in [0.2, 0.25) is 0 Å². The van der Waals surface area contributed by atoms with E-state index >= 15 is 0 Å². The topological polar surface area (TPSA) is 77.1 Å². The molecule has 3 aromatic heterocycles. The minimum absolute atomic E-state index is 0.131. The number of hydrogen-bond acceptors (Lipinski definition) is 6. The minimum Gasteiger partial charge on any atom is -0.448 e. The summed E-state index contributed by atoms with van der Waals surface area (Å²) >= 11 is 2.81. The molecule has 8 heteroatoms. The van der Waals surface area contributed by atoms with Crippen LogP contribution < -0.4 is 10.9 Å². The number of anilines is 1. The van der Waals surface area contributed by atoms with Crippen LogP contribution in [0.15, 0.2) is 80.4 Å². The summed E-state index contributed by atoms with van der Waals surface area (Å²) in [6.45, 7) is 2.32. The molecule has 0 saturated heterocycles. The van der Waals surface area contributed by atoms with Gasteiger partial charge in [-0.1, -0.05) is 48.2 Å². The number of furan rings is 1. The molecule has 0 spiro atoms. The third kappa shape index (κ3) is 3.94.